The van der Waals surface area contributed by atoms with Crippen LogP contribution in [-0.4, -0.2) is 22.6 Å². The van der Waals surface area contributed by atoms with Crippen molar-refractivity contribution in [3.05, 3.63) is 86.8 Å². The van der Waals surface area contributed by atoms with Crippen molar-refractivity contribution in [3.8, 4) is 0 Å². The lowest BCUT2D eigenvalue weighted by Gasteiger charge is -2.28. The molecular formula is C21H19Cl2FN2O2. The van der Waals surface area contributed by atoms with Gasteiger partial charge in [0.25, 0.3) is 0 Å². The third-order valence-corrected chi connectivity index (χ3v) is 5.17. The number of hydrogen-bond donors (Lipinski definition) is 2. The van der Waals surface area contributed by atoms with Gasteiger partial charge in [-0.25, -0.2) is 9.18 Å². The lowest BCUT2D eigenvalue weighted by Crippen LogP contribution is -2.36. The van der Waals surface area contributed by atoms with Crippen molar-refractivity contribution in [1.29, 1.82) is 0 Å². The minimum absolute atomic E-state index is 0.145. The third-order valence-electron chi connectivity index (χ3n) is 4.46. The average Bonchev–Trinajstić information content (AvgIpc) is 2.66. The largest absolute Gasteiger partial charge is 0.478 e. The van der Waals surface area contributed by atoms with Crippen LogP contribution in [-0.2, 0) is 11.2 Å². The Hall–Kier alpha value is -2.50. The van der Waals surface area contributed by atoms with Crippen LogP contribution in [0.15, 0.2) is 54.2 Å². The number of carboxylic acids is 1. The fourth-order valence-electron chi connectivity index (χ4n) is 2.97. The van der Waals surface area contributed by atoms with E-state index in [0.717, 1.165) is 5.56 Å². The van der Waals surface area contributed by atoms with Gasteiger partial charge in [-0.2, -0.15) is 0 Å². The van der Waals surface area contributed by atoms with Crippen LogP contribution in [0, 0.1) is 12.7 Å². The highest BCUT2D eigenvalue weighted by atomic mass is 35.5. The summed E-state index contributed by atoms with van der Waals surface area (Å²) in [6, 6.07) is 10.1. The van der Waals surface area contributed by atoms with Crippen LogP contribution in [0.4, 0.5) is 4.39 Å². The van der Waals surface area contributed by atoms with Gasteiger partial charge < -0.3 is 5.11 Å². The van der Waals surface area contributed by atoms with Gasteiger partial charge in [-0.3, -0.25) is 10.4 Å². The molecule has 0 saturated heterocycles. The zero-order valence-corrected chi connectivity index (χ0v) is 16.7. The number of hydrogen-bond acceptors (Lipinski definition) is 3. The van der Waals surface area contributed by atoms with Crippen molar-refractivity contribution in [3.63, 3.8) is 0 Å². The number of hydrazine groups is 1. The summed E-state index contributed by atoms with van der Waals surface area (Å²) in [5, 5.41) is 12.4. The minimum atomic E-state index is -1.03. The Kier molecular flexibility index (Phi) is 6.27. The second-order valence-electron chi connectivity index (χ2n) is 6.52. The molecule has 3 rings (SSSR count). The van der Waals surface area contributed by atoms with Crippen LogP contribution in [0.5, 0.6) is 0 Å². The summed E-state index contributed by atoms with van der Waals surface area (Å²) in [4.78, 5) is 11.5. The van der Waals surface area contributed by atoms with Crippen molar-refractivity contribution in [2.75, 3.05) is 6.54 Å². The second-order valence-corrected chi connectivity index (χ2v) is 7.33. The first-order valence-electron chi connectivity index (χ1n) is 8.74. The van der Waals surface area contributed by atoms with E-state index in [-0.39, 0.29) is 11.4 Å². The third kappa shape index (κ3) is 4.66. The van der Waals surface area contributed by atoms with Crippen LogP contribution >= 0.6 is 23.2 Å². The molecule has 1 aliphatic rings. The Morgan fingerprint density at radius 2 is 1.93 bits per heavy atom. The standard InChI is InChI=1S/C21H19Cl2FN2O2/c1-13-10-14(7-8-19(13)24)20-11-15(21(27)28)12-26(25-20)9-3-4-16-17(22)5-2-6-18(16)23/h2,5-8,10-12,25H,3-4,9H2,1H3,(H,27,28). The maximum atomic E-state index is 13.6. The number of aliphatic carboxylic acids is 1. The van der Waals surface area contributed by atoms with Gasteiger partial charge in [-0.15, -0.1) is 0 Å². The zero-order chi connectivity index (χ0) is 20.3. The lowest BCUT2D eigenvalue weighted by molar-refractivity contribution is -0.132. The molecule has 4 nitrogen and oxygen atoms in total. The molecule has 0 amide bonds. The topological polar surface area (TPSA) is 52.6 Å². The maximum absolute atomic E-state index is 13.6. The molecule has 0 radical (unpaired) electrons. The summed E-state index contributed by atoms with van der Waals surface area (Å²) < 4.78 is 13.6. The second kappa shape index (κ2) is 8.67. The number of aryl methyl sites for hydroxylation is 1. The number of nitrogens with zero attached hydrogens (tertiary/aromatic N) is 1. The molecule has 2 N–H and O–H groups in total. The summed E-state index contributed by atoms with van der Waals surface area (Å²) in [5.74, 6) is -1.33. The van der Waals surface area contributed by atoms with E-state index in [1.807, 2.05) is 0 Å². The Bertz CT molecular complexity index is 953. The summed E-state index contributed by atoms with van der Waals surface area (Å²) in [6.45, 7) is 2.21. The van der Waals surface area contributed by atoms with E-state index in [9.17, 15) is 14.3 Å². The number of rotatable bonds is 6. The van der Waals surface area contributed by atoms with E-state index in [4.69, 9.17) is 23.2 Å². The Balaban J connectivity index is 1.74. The molecular weight excluding hydrogens is 402 g/mol. The van der Waals surface area contributed by atoms with Crippen LogP contribution in [0.2, 0.25) is 10.0 Å². The van der Waals surface area contributed by atoms with Gasteiger partial charge in [0.2, 0.25) is 0 Å². The van der Waals surface area contributed by atoms with Crippen LogP contribution in [0.1, 0.15) is 23.1 Å². The van der Waals surface area contributed by atoms with Gasteiger partial charge in [-0.1, -0.05) is 29.3 Å². The number of benzene rings is 2. The molecule has 28 heavy (non-hydrogen) atoms. The van der Waals surface area contributed by atoms with Crippen molar-refractivity contribution in [2.45, 2.75) is 19.8 Å². The van der Waals surface area contributed by atoms with Gasteiger partial charge in [0.1, 0.15) is 5.82 Å². The normalized spacial score (nSPS) is 13.6. The van der Waals surface area contributed by atoms with Crippen LogP contribution in [0.3, 0.4) is 0 Å². The number of carboxylic acid groups (broad SMARTS) is 1. The van der Waals surface area contributed by atoms with Crippen molar-refractivity contribution in [2.24, 2.45) is 0 Å². The van der Waals surface area contributed by atoms with Gasteiger partial charge in [0.05, 0.1) is 11.3 Å². The van der Waals surface area contributed by atoms with Crippen molar-refractivity contribution in [1.82, 2.24) is 10.4 Å². The first-order valence-corrected chi connectivity index (χ1v) is 9.50. The summed E-state index contributed by atoms with van der Waals surface area (Å²) in [6.07, 6.45) is 4.43. The molecule has 2 aromatic rings. The number of carbonyl (C=O) groups is 1. The van der Waals surface area contributed by atoms with E-state index in [1.54, 1.807) is 42.3 Å². The Morgan fingerprint density at radius 3 is 2.57 bits per heavy atom. The van der Waals surface area contributed by atoms with E-state index >= 15 is 0 Å². The molecule has 0 aromatic heterocycles. The summed E-state index contributed by atoms with van der Waals surface area (Å²) in [5.41, 5.74) is 6.00. The van der Waals surface area contributed by atoms with Gasteiger partial charge in [0.15, 0.2) is 0 Å². The van der Waals surface area contributed by atoms with Gasteiger partial charge >= 0.3 is 5.97 Å². The molecule has 0 bridgehead atoms. The quantitative estimate of drug-likeness (QED) is 0.673. The van der Waals surface area contributed by atoms with Crippen LogP contribution in [0.25, 0.3) is 5.70 Å². The highest BCUT2D eigenvalue weighted by Gasteiger charge is 2.18. The fourth-order valence-corrected chi connectivity index (χ4v) is 3.56. The fraction of sp³-hybridized carbons (Fsp3) is 0.190. The number of nitrogens with one attached hydrogen (secondary N) is 1. The first-order chi connectivity index (χ1) is 13.3. The summed E-state index contributed by atoms with van der Waals surface area (Å²) >= 11 is 12.4. The number of halogens is 3. The molecule has 0 atom stereocenters. The first kappa shape index (κ1) is 20.2. The average molecular weight is 421 g/mol. The molecule has 146 valence electrons. The SMILES string of the molecule is Cc1cc(C2=CC(C(=O)O)=CN(CCCc3c(Cl)cccc3Cl)N2)ccc1F. The highest BCUT2D eigenvalue weighted by Crippen LogP contribution is 2.26. The van der Waals surface area contributed by atoms with Gasteiger partial charge in [-0.05, 0) is 72.9 Å². The molecule has 0 spiro atoms. The minimum Gasteiger partial charge on any atom is -0.478 e. The summed E-state index contributed by atoms with van der Waals surface area (Å²) in [7, 11) is 0. The maximum Gasteiger partial charge on any atom is 0.337 e. The smallest absolute Gasteiger partial charge is 0.337 e. The Morgan fingerprint density at radius 1 is 1.21 bits per heavy atom. The molecule has 0 saturated carbocycles. The predicted octanol–water partition coefficient (Wildman–Crippen LogP) is 5.20. The molecule has 1 heterocycles. The predicted molar refractivity (Wildman–Crippen MR) is 109 cm³/mol. The zero-order valence-electron chi connectivity index (χ0n) is 15.2. The molecule has 0 unspecified atom stereocenters. The lowest BCUT2D eigenvalue weighted by atomic mass is 10.1. The molecule has 7 heteroatoms. The molecule has 0 fully saturated rings. The Labute approximate surface area is 172 Å². The van der Waals surface area contributed by atoms with Crippen molar-refractivity contribution < 1.29 is 14.3 Å². The monoisotopic (exact) mass is 420 g/mol. The molecule has 0 aliphatic carbocycles. The van der Waals surface area contributed by atoms with Gasteiger partial charge in [0, 0.05) is 22.8 Å². The van der Waals surface area contributed by atoms with E-state index in [1.165, 1.54) is 18.3 Å². The van der Waals surface area contributed by atoms with E-state index in [2.05, 4.69) is 5.43 Å². The highest BCUT2D eigenvalue weighted by molar-refractivity contribution is 6.35. The van der Waals surface area contributed by atoms with E-state index < -0.39 is 5.97 Å². The molecule has 2 aromatic carbocycles. The van der Waals surface area contributed by atoms with E-state index in [0.29, 0.717) is 46.3 Å². The van der Waals surface area contributed by atoms with Crippen molar-refractivity contribution >= 4 is 34.9 Å². The molecule has 1 aliphatic heterocycles. The van der Waals surface area contributed by atoms with Crippen LogP contribution < -0.4 is 5.43 Å².